The van der Waals surface area contributed by atoms with Crippen LogP contribution in [0.4, 0.5) is 0 Å². The van der Waals surface area contributed by atoms with Gasteiger partial charge in [-0.25, -0.2) is 4.98 Å². The molecule has 0 aliphatic carbocycles. The van der Waals surface area contributed by atoms with Crippen molar-refractivity contribution in [2.45, 2.75) is 25.3 Å². The van der Waals surface area contributed by atoms with Gasteiger partial charge in [0.05, 0.1) is 23.4 Å². The van der Waals surface area contributed by atoms with Crippen LogP contribution in [0.3, 0.4) is 0 Å². The zero-order valence-corrected chi connectivity index (χ0v) is 10.8. The summed E-state index contributed by atoms with van der Waals surface area (Å²) in [5.41, 5.74) is 9.02. The van der Waals surface area contributed by atoms with Gasteiger partial charge < -0.3 is 15.6 Å². The van der Waals surface area contributed by atoms with Gasteiger partial charge in [0.15, 0.2) is 0 Å². The van der Waals surface area contributed by atoms with Gasteiger partial charge in [-0.3, -0.25) is 4.79 Å². The summed E-state index contributed by atoms with van der Waals surface area (Å²) in [5, 5.41) is 0. The zero-order valence-electron chi connectivity index (χ0n) is 10.8. The van der Waals surface area contributed by atoms with E-state index < -0.39 is 6.04 Å². The first-order valence-corrected chi connectivity index (χ1v) is 6.70. The number of hydrogen-bond donors (Lipinski definition) is 2. The Morgan fingerprint density at radius 2 is 2.21 bits per heavy atom. The molecule has 0 spiro atoms. The highest BCUT2D eigenvalue weighted by Gasteiger charge is 2.23. The van der Waals surface area contributed by atoms with Crippen molar-refractivity contribution >= 4 is 16.9 Å². The van der Waals surface area contributed by atoms with Crippen molar-refractivity contribution in [3.8, 4) is 0 Å². The minimum absolute atomic E-state index is 0.0715. The van der Waals surface area contributed by atoms with E-state index >= 15 is 0 Å². The van der Waals surface area contributed by atoms with E-state index in [-0.39, 0.29) is 5.91 Å². The van der Waals surface area contributed by atoms with Crippen molar-refractivity contribution in [3.05, 3.63) is 30.1 Å². The lowest BCUT2D eigenvalue weighted by Gasteiger charge is -2.20. The molecular formula is C14H18N4O. The molecule has 1 aromatic carbocycles. The van der Waals surface area contributed by atoms with Gasteiger partial charge in [-0.05, 0) is 37.0 Å². The van der Waals surface area contributed by atoms with Crippen LogP contribution in [0.2, 0.25) is 0 Å². The summed E-state index contributed by atoms with van der Waals surface area (Å²) in [7, 11) is 0. The average Bonchev–Trinajstić information content (AvgIpc) is 3.08. The molecule has 100 valence electrons. The molecule has 5 nitrogen and oxygen atoms in total. The topological polar surface area (TPSA) is 75.0 Å². The second kappa shape index (κ2) is 5.01. The summed E-state index contributed by atoms with van der Waals surface area (Å²) in [4.78, 5) is 21.3. The second-order valence-corrected chi connectivity index (χ2v) is 5.10. The van der Waals surface area contributed by atoms with Crippen molar-refractivity contribution in [2.75, 3.05) is 13.1 Å². The molecule has 1 aromatic heterocycles. The number of imidazole rings is 1. The summed E-state index contributed by atoms with van der Waals surface area (Å²) >= 11 is 0. The third-order valence-corrected chi connectivity index (χ3v) is 3.68. The lowest BCUT2D eigenvalue weighted by Crippen LogP contribution is -2.43. The van der Waals surface area contributed by atoms with Crippen LogP contribution < -0.4 is 5.73 Å². The van der Waals surface area contributed by atoms with Crippen LogP contribution in [0.5, 0.6) is 0 Å². The Kier molecular flexibility index (Phi) is 3.21. The first-order valence-electron chi connectivity index (χ1n) is 6.70. The number of carbonyl (C=O) groups excluding carboxylic acids is 1. The predicted molar refractivity (Wildman–Crippen MR) is 73.6 cm³/mol. The summed E-state index contributed by atoms with van der Waals surface area (Å²) in [6, 6.07) is 5.51. The number of aromatic nitrogens is 2. The molecule has 1 saturated heterocycles. The highest BCUT2D eigenvalue weighted by molar-refractivity contribution is 5.82. The van der Waals surface area contributed by atoms with Gasteiger partial charge in [0, 0.05) is 13.1 Å². The van der Waals surface area contributed by atoms with Gasteiger partial charge in [0.25, 0.3) is 0 Å². The predicted octanol–water partition coefficient (Wildman–Crippen LogP) is 1.06. The van der Waals surface area contributed by atoms with Crippen LogP contribution in [0.1, 0.15) is 18.4 Å². The number of hydrogen-bond acceptors (Lipinski definition) is 3. The largest absolute Gasteiger partial charge is 0.345 e. The molecule has 19 heavy (non-hydrogen) atoms. The smallest absolute Gasteiger partial charge is 0.239 e. The Labute approximate surface area is 111 Å². The van der Waals surface area contributed by atoms with Crippen molar-refractivity contribution in [3.63, 3.8) is 0 Å². The molecule has 5 heteroatoms. The van der Waals surface area contributed by atoms with Crippen molar-refractivity contribution in [1.82, 2.24) is 14.9 Å². The third-order valence-electron chi connectivity index (χ3n) is 3.68. The fourth-order valence-corrected chi connectivity index (χ4v) is 2.62. The molecule has 0 bridgehead atoms. The normalized spacial score (nSPS) is 17.0. The standard InChI is InChI=1S/C14H18N4O/c15-11(14(19)18-5-1-2-6-18)7-10-3-4-12-13(8-10)17-9-16-12/h3-4,8-9,11H,1-2,5-7,15H2,(H,16,17). The highest BCUT2D eigenvalue weighted by atomic mass is 16.2. The van der Waals surface area contributed by atoms with E-state index in [0.717, 1.165) is 42.5 Å². The minimum atomic E-state index is -0.446. The fourth-order valence-electron chi connectivity index (χ4n) is 2.62. The van der Waals surface area contributed by atoms with Crippen LogP contribution in [0.15, 0.2) is 24.5 Å². The van der Waals surface area contributed by atoms with Gasteiger partial charge in [0.2, 0.25) is 5.91 Å². The molecule has 1 fully saturated rings. The number of carbonyl (C=O) groups is 1. The molecule has 1 atom stereocenters. The third kappa shape index (κ3) is 2.46. The molecule has 2 heterocycles. The molecule has 2 aromatic rings. The van der Waals surface area contributed by atoms with Gasteiger partial charge in [-0.2, -0.15) is 0 Å². The van der Waals surface area contributed by atoms with Crippen molar-refractivity contribution in [2.24, 2.45) is 5.73 Å². The molecular weight excluding hydrogens is 240 g/mol. The number of aromatic amines is 1. The summed E-state index contributed by atoms with van der Waals surface area (Å²) < 4.78 is 0. The number of benzene rings is 1. The monoisotopic (exact) mass is 258 g/mol. The molecule has 3 N–H and O–H groups in total. The maximum atomic E-state index is 12.1. The Morgan fingerprint density at radius 1 is 1.42 bits per heavy atom. The Bertz CT molecular complexity index is 586. The SMILES string of the molecule is NC(Cc1ccc2nc[nH]c2c1)C(=O)N1CCCC1. The van der Waals surface area contributed by atoms with Crippen LogP contribution in [0.25, 0.3) is 11.0 Å². The molecule has 0 saturated carbocycles. The Morgan fingerprint density at radius 3 is 3.00 bits per heavy atom. The number of amides is 1. The van der Waals surface area contributed by atoms with Crippen LogP contribution >= 0.6 is 0 Å². The highest BCUT2D eigenvalue weighted by Crippen LogP contribution is 2.14. The number of nitrogens with one attached hydrogen (secondary N) is 1. The molecule has 1 aliphatic heterocycles. The zero-order chi connectivity index (χ0) is 13.2. The van der Waals surface area contributed by atoms with Gasteiger partial charge >= 0.3 is 0 Å². The minimum Gasteiger partial charge on any atom is -0.345 e. The Hall–Kier alpha value is -1.88. The van der Waals surface area contributed by atoms with E-state index in [1.165, 1.54) is 0 Å². The molecule has 1 unspecified atom stereocenters. The number of H-pyrrole nitrogens is 1. The molecule has 3 rings (SSSR count). The average molecular weight is 258 g/mol. The Balaban J connectivity index is 1.70. The van der Waals surface area contributed by atoms with E-state index in [2.05, 4.69) is 9.97 Å². The maximum absolute atomic E-state index is 12.1. The summed E-state index contributed by atoms with van der Waals surface area (Å²) in [6.07, 6.45) is 4.44. The van der Waals surface area contributed by atoms with Crippen LogP contribution in [0, 0.1) is 0 Å². The van der Waals surface area contributed by atoms with Gasteiger partial charge in [0.1, 0.15) is 0 Å². The van der Waals surface area contributed by atoms with Crippen LogP contribution in [-0.4, -0.2) is 39.9 Å². The molecule has 0 radical (unpaired) electrons. The number of fused-ring (bicyclic) bond motifs is 1. The first kappa shape index (κ1) is 12.2. The van der Waals surface area contributed by atoms with Crippen LogP contribution in [-0.2, 0) is 11.2 Å². The lowest BCUT2D eigenvalue weighted by atomic mass is 10.0. The first-order chi connectivity index (χ1) is 9.24. The number of nitrogens with zero attached hydrogens (tertiary/aromatic N) is 2. The second-order valence-electron chi connectivity index (χ2n) is 5.10. The lowest BCUT2D eigenvalue weighted by molar-refractivity contribution is -0.131. The van der Waals surface area contributed by atoms with E-state index in [1.54, 1.807) is 6.33 Å². The van der Waals surface area contributed by atoms with E-state index in [9.17, 15) is 4.79 Å². The van der Waals surface area contributed by atoms with Gasteiger partial charge in [-0.15, -0.1) is 0 Å². The van der Waals surface area contributed by atoms with E-state index in [1.807, 2.05) is 23.1 Å². The summed E-state index contributed by atoms with van der Waals surface area (Å²) in [6.45, 7) is 1.71. The number of likely N-dealkylation sites (tertiary alicyclic amines) is 1. The van der Waals surface area contributed by atoms with E-state index in [4.69, 9.17) is 5.73 Å². The quantitative estimate of drug-likeness (QED) is 0.864. The fraction of sp³-hybridized carbons (Fsp3) is 0.429. The molecule has 1 aliphatic rings. The maximum Gasteiger partial charge on any atom is 0.239 e. The summed E-state index contributed by atoms with van der Waals surface area (Å²) in [5.74, 6) is 0.0715. The van der Waals surface area contributed by atoms with Gasteiger partial charge in [-0.1, -0.05) is 6.07 Å². The van der Waals surface area contributed by atoms with E-state index in [0.29, 0.717) is 6.42 Å². The van der Waals surface area contributed by atoms with Crippen molar-refractivity contribution in [1.29, 1.82) is 0 Å². The molecule has 1 amide bonds. The number of nitrogens with two attached hydrogens (primary N) is 1. The van der Waals surface area contributed by atoms with Crippen molar-refractivity contribution < 1.29 is 4.79 Å². The number of rotatable bonds is 3.